The number of amides is 1. The molecule has 1 heterocycles. The molecule has 0 fully saturated rings. The van der Waals surface area contributed by atoms with Crippen LogP contribution in [0.15, 0.2) is 4.34 Å². The predicted molar refractivity (Wildman–Crippen MR) is 61.2 cm³/mol. The molecule has 84 valence electrons. The molecule has 0 aliphatic heterocycles. The van der Waals surface area contributed by atoms with Gasteiger partial charge < -0.3 is 5.73 Å². The van der Waals surface area contributed by atoms with Crippen LogP contribution in [0, 0.1) is 5.41 Å². The molecule has 8 heteroatoms. The van der Waals surface area contributed by atoms with Crippen molar-refractivity contribution in [3.05, 3.63) is 0 Å². The van der Waals surface area contributed by atoms with Crippen molar-refractivity contribution in [2.75, 3.05) is 11.5 Å². The predicted octanol–water partition coefficient (Wildman–Crippen LogP) is 0.229. The summed E-state index contributed by atoms with van der Waals surface area (Å²) in [6, 6.07) is 0. The zero-order chi connectivity index (χ0) is 11.5. The summed E-state index contributed by atoms with van der Waals surface area (Å²) in [4.78, 5) is 11.4. The number of nitrogens with one attached hydrogen (secondary N) is 1. The first kappa shape index (κ1) is 12.2. The lowest BCUT2D eigenvalue weighted by Gasteiger charge is -2.20. The average Bonchev–Trinajstić information content (AvgIpc) is 2.60. The van der Waals surface area contributed by atoms with Crippen molar-refractivity contribution in [2.24, 2.45) is 11.3 Å². The molecular formula is C7H13N5OS2. The number of carbonyl (C=O) groups is 1. The molecule has 0 radical (unpaired) electrons. The summed E-state index contributed by atoms with van der Waals surface area (Å²) in [6.07, 6.45) is 0. The SMILES string of the molecule is CC(C)(CSc1nnc(N)s1)C(=O)NN. The number of nitrogens with two attached hydrogens (primary N) is 2. The Hall–Kier alpha value is -0.860. The Morgan fingerprint density at radius 3 is 2.73 bits per heavy atom. The van der Waals surface area contributed by atoms with Crippen LogP contribution in [0.3, 0.4) is 0 Å². The number of rotatable bonds is 4. The largest absolute Gasteiger partial charge is 0.374 e. The highest BCUT2D eigenvalue weighted by molar-refractivity contribution is 8.01. The number of hydrazine groups is 1. The summed E-state index contributed by atoms with van der Waals surface area (Å²) in [5, 5.41) is 7.96. The molecule has 15 heavy (non-hydrogen) atoms. The van der Waals surface area contributed by atoms with Gasteiger partial charge >= 0.3 is 0 Å². The molecule has 0 unspecified atom stereocenters. The zero-order valence-electron chi connectivity index (χ0n) is 8.48. The topological polar surface area (TPSA) is 107 Å². The number of carbonyl (C=O) groups excluding carboxylic acids is 1. The third-order valence-corrected chi connectivity index (χ3v) is 4.07. The van der Waals surface area contributed by atoms with Crippen molar-refractivity contribution in [3.8, 4) is 0 Å². The number of hydrogen-bond acceptors (Lipinski definition) is 7. The molecule has 0 aliphatic carbocycles. The van der Waals surface area contributed by atoms with Crippen molar-refractivity contribution >= 4 is 34.1 Å². The van der Waals surface area contributed by atoms with Gasteiger partial charge in [0.2, 0.25) is 11.0 Å². The number of nitrogens with zero attached hydrogens (tertiary/aromatic N) is 2. The summed E-state index contributed by atoms with van der Waals surface area (Å²) in [5.74, 6) is 5.45. The van der Waals surface area contributed by atoms with Crippen LogP contribution in [0.25, 0.3) is 0 Å². The van der Waals surface area contributed by atoms with Crippen molar-refractivity contribution in [1.29, 1.82) is 0 Å². The van der Waals surface area contributed by atoms with E-state index in [0.29, 0.717) is 10.9 Å². The third kappa shape index (κ3) is 3.33. The number of aromatic nitrogens is 2. The molecule has 0 saturated carbocycles. The molecule has 6 nitrogen and oxygen atoms in total. The van der Waals surface area contributed by atoms with Crippen molar-refractivity contribution in [3.63, 3.8) is 0 Å². The number of nitrogen functional groups attached to an aromatic ring is 1. The van der Waals surface area contributed by atoms with Gasteiger partial charge in [-0.15, -0.1) is 10.2 Å². The Kier molecular flexibility index (Phi) is 3.89. The molecule has 1 amide bonds. The smallest absolute Gasteiger partial charge is 0.240 e. The zero-order valence-corrected chi connectivity index (χ0v) is 10.1. The van der Waals surface area contributed by atoms with E-state index in [1.807, 2.05) is 13.8 Å². The van der Waals surface area contributed by atoms with Crippen LogP contribution in [0.2, 0.25) is 0 Å². The Balaban J connectivity index is 2.53. The summed E-state index contributed by atoms with van der Waals surface area (Å²) in [5.41, 5.74) is 7.03. The second-order valence-corrected chi connectivity index (χ2v) is 5.78. The van der Waals surface area contributed by atoms with Gasteiger partial charge in [0.15, 0.2) is 4.34 Å². The van der Waals surface area contributed by atoms with Crippen LogP contribution in [0.4, 0.5) is 5.13 Å². The highest BCUT2D eigenvalue weighted by atomic mass is 32.2. The van der Waals surface area contributed by atoms with Crippen molar-refractivity contribution < 1.29 is 4.79 Å². The van der Waals surface area contributed by atoms with Gasteiger partial charge in [0, 0.05) is 5.75 Å². The molecule has 5 N–H and O–H groups in total. The second-order valence-electron chi connectivity index (χ2n) is 3.55. The van der Waals surface area contributed by atoms with E-state index in [1.165, 1.54) is 23.1 Å². The molecule has 0 spiro atoms. The van der Waals surface area contributed by atoms with Crippen LogP contribution in [0.5, 0.6) is 0 Å². The van der Waals surface area contributed by atoms with E-state index in [4.69, 9.17) is 11.6 Å². The van der Waals surface area contributed by atoms with Gasteiger partial charge in [-0.3, -0.25) is 10.2 Å². The number of hydrogen-bond donors (Lipinski definition) is 3. The van der Waals surface area contributed by atoms with E-state index in [1.54, 1.807) is 0 Å². The van der Waals surface area contributed by atoms with Gasteiger partial charge in [-0.1, -0.05) is 36.9 Å². The molecule has 0 atom stereocenters. The molecule has 1 rings (SSSR count). The Labute approximate surface area is 95.8 Å². The van der Waals surface area contributed by atoms with E-state index in [2.05, 4.69) is 15.6 Å². The highest BCUT2D eigenvalue weighted by Gasteiger charge is 2.27. The standard InChI is InChI=1S/C7H13N5OS2/c1-7(2,4(13)10-9)3-14-6-12-11-5(8)15-6/h3,9H2,1-2H3,(H2,8,11)(H,10,13). The van der Waals surface area contributed by atoms with Crippen molar-refractivity contribution in [1.82, 2.24) is 15.6 Å². The highest BCUT2D eigenvalue weighted by Crippen LogP contribution is 2.30. The summed E-state index contributed by atoms with van der Waals surface area (Å²) >= 11 is 2.74. The maximum Gasteiger partial charge on any atom is 0.240 e. The minimum Gasteiger partial charge on any atom is -0.374 e. The Bertz CT molecular complexity index is 351. The Morgan fingerprint density at radius 1 is 1.60 bits per heavy atom. The van der Waals surface area contributed by atoms with Crippen LogP contribution in [-0.2, 0) is 4.79 Å². The van der Waals surface area contributed by atoms with E-state index >= 15 is 0 Å². The Morgan fingerprint density at radius 2 is 2.27 bits per heavy atom. The van der Waals surface area contributed by atoms with Gasteiger partial charge in [0.05, 0.1) is 5.41 Å². The fourth-order valence-electron chi connectivity index (χ4n) is 0.782. The monoisotopic (exact) mass is 247 g/mol. The van der Waals surface area contributed by atoms with Gasteiger partial charge in [-0.25, -0.2) is 5.84 Å². The summed E-state index contributed by atoms with van der Waals surface area (Å²) in [6.45, 7) is 3.62. The van der Waals surface area contributed by atoms with Gasteiger partial charge in [-0.05, 0) is 0 Å². The first-order valence-electron chi connectivity index (χ1n) is 4.18. The maximum absolute atomic E-state index is 11.4. The average molecular weight is 247 g/mol. The fraction of sp³-hybridized carbons (Fsp3) is 0.571. The fourth-order valence-corrected chi connectivity index (χ4v) is 2.51. The number of thioether (sulfide) groups is 1. The molecule has 0 saturated heterocycles. The summed E-state index contributed by atoms with van der Waals surface area (Å²) in [7, 11) is 0. The van der Waals surface area contributed by atoms with Crippen LogP contribution >= 0.6 is 23.1 Å². The van der Waals surface area contributed by atoms with E-state index in [9.17, 15) is 4.79 Å². The van der Waals surface area contributed by atoms with Crippen LogP contribution in [0.1, 0.15) is 13.8 Å². The lowest BCUT2D eigenvalue weighted by Crippen LogP contribution is -2.42. The van der Waals surface area contributed by atoms with Gasteiger partial charge in [-0.2, -0.15) is 0 Å². The third-order valence-electron chi connectivity index (χ3n) is 1.72. The first-order chi connectivity index (χ1) is 6.95. The molecule has 0 bridgehead atoms. The van der Waals surface area contributed by atoms with Gasteiger partial charge in [0.1, 0.15) is 0 Å². The van der Waals surface area contributed by atoms with Crippen molar-refractivity contribution in [2.45, 2.75) is 18.2 Å². The number of anilines is 1. The second kappa shape index (κ2) is 4.77. The molecule has 1 aromatic heterocycles. The lowest BCUT2D eigenvalue weighted by atomic mass is 9.96. The lowest BCUT2D eigenvalue weighted by molar-refractivity contribution is -0.128. The molecule has 1 aromatic rings. The molecular weight excluding hydrogens is 234 g/mol. The minimum atomic E-state index is -0.542. The van der Waals surface area contributed by atoms with Crippen LogP contribution < -0.4 is 17.0 Å². The van der Waals surface area contributed by atoms with Gasteiger partial charge in [0.25, 0.3) is 0 Å². The quantitative estimate of drug-likeness (QED) is 0.304. The van der Waals surface area contributed by atoms with E-state index in [0.717, 1.165) is 4.34 Å². The first-order valence-corrected chi connectivity index (χ1v) is 5.99. The summed E-state index contributed by atoms with van der Waals surface area (Å²) < 4.78 is 0.755. The maximum atomic E-state index is 11.4. The van der Waals surface area contributed by atoms with E-state index < -0.39 is 5.41 Å². The minimum absolute atomic E-state index is 0.201. The van der Waals surface area contributed by atoms with Crippen LogP contribution in [-0.4, -0.2) is 21.9 Å². The normalized spacial score (nSPS) is 11.4. The molecule has 0 aromatic carbocycles. The molecule has 0 aliphatic rings. The van der Waals surface area contributed by atoms with E-state index in [-0.39, 0.29) is 5.91 Å².